The normalized spacial score (nSPS) is 24.1. The van der Waals surface area contributed by atoms with Gasteiger partial charge in [-0.05, 0) is 46.6 Å². The zero-order chi connectivity index (χ0) is 22.6. The van der Waals surface area contributed by atoms with Gasteiger partial charge in [0.25, 0.3) is 0 Å². The number of ether oxygens (including phenoxy) is 3. The van der Waals surface area contributed by atoms with E-state index in [1.165, 1.54) is 4.90 Å². The van der Waals surface area contributed by atoms with Gasteiger partial charge >= 0.3 is 18.0 Å². The average Bonchev–Trinajstić information content (AvgIpc) is 2.64. The van der Waals surface area contributed by atoms with Gasteiger partial charge in [-0.2, -0.15) is 0 Å². The highest BCUT2D eigenvalue weighted by molar-refractivity contribution is 6.00. The number of piperidine rings is 1. The predicted molar refractivity (Wildman–Crippen MR) is 110 cm³/mol. The highest BCUT2D eigenvalue weighted by atomic mass is 16.6. The maximum absolute atomic E-state index is 13.1. The van der Waals surface area contributed by atoms with Crippen LogP contribution in [0.1, 0.15) is 53.0 Å². The van der Waals surface area contributed by atoms with Crippen LogP contribution in [0.5, 0.6) is 0 Å². The third-order valence-electron chi connectivity index (χ3n) is 4.92. The van der Waals surface area contributed by atoms with E-state index in [2.05, 4.69) is 0 Å². The molecule has 1 aliphatic rings. The first-order valence-electron chi connectivity index (χ1n) is 10.1. The molecule has 2 rings (SSSR count). The third kappa shape index (κ3) is 5.50. The number of rotatable bonds is 5. The maximum atomic E-state index is 13.1. The summed E-state index contributed by atoms with van der Waals surface area (Å²) in [6.45, 7) is 8.72. The van der Waals surface area contributed by atoms with Crippen LogP contribution in [0.3, 0.4) is 0 Å². The maximum Gasteiger partial charge on any atom is 0.411 e. The number of amides is 1. The third-order valence-corrected chi connectivity index (χ3v) is 4.92. The van der Waals surface area contributed by atoms with Crippen LogP contribution in [0.25, 0.3) is 0 Å². The Balaban J connectivity index is 2.24. The van der Waals surface area contributed by atoms with Crippen LogP contribution in [0.15, 0.2) is 30.3 Å². The van der Waals surface area contributed by atoms with Crippen molar-refractivity contribution in [1.29, 1.82) is 0 Å². The minimum absolute atomic E-state index is 0.0257. The molecule has 0 spiro atoms. The SMILES string of the molecule is CCOC(=O)C1(C(=O)OCc2ccccc2)CCN(C(=O)OC(C)(C)C)C(C)(N)C1. The Morgan fingerprint density at radius 3 is 2.23 bits per heavy atom. The molecule has 0 aliphatic carbocycles. The van der Waals surface area contributed by atoms with Gasteiger partial charge in [-0.15, -0.1) is 0 Å². The van der Waals surface area contributed by atoms with Gasteiger partial charge in [0.2, 0.25) is 0 Å². The number of carbonyl (C=O) groups is 3. The molecule has 30 heavy (non-hydrogen) atoms. The molecule has 1 heterocycles. The molecule has 1 amide bonds. The molecule has 2 N–H and O–H groups in total. The van der Waals surface area contributed by atoms with Gasteiger partial charge in [-0.25, -0.2) is 4.79 Å². The Hall–Kier alpha value is -2.61. The van der Waals surface area contributed by atoms with Crippen molar-refractivity contribution in [3.05, 3.63) is 35.9 Å². The molecule has 1 saturated heterocycles. The molecule has 8 nitrogen and oxygen atoms in total. The van der Waals surface area contributed by atoms with Crippen LogP contribution in [0, 0.1) is 5.41 Å². The number of nitrogens with zero attached hydrogens (tertiary/aromatic N) is 1. The molecule has 0 bridgehead atoms. The highest BCUT2D eigenvalue weighted by Gasteiger charge is 2.57. The molecule has 1 aliphatic heterocycles. The van der Waals surface area contributed by atoms with Crippen molar-refractivity contribution < 1.29 is 28.6 Å². The second-order valence-corrected chi connectivity index (χ2v) is 8.78. The quantitative estimate of drug-likeness (QED) is 0.443. The van der Waals surface area contributed by atoms with Gasteiger partial charge in [0.15, 0.2) is 5.41 Å². The Kier molecular flexibility index (Phi) is 7.13. The fraction of sp³-hybridized carbons (Fsp3) is 0.591. The molecule has 2 atom stereocenters. The zero-order valence-corrected chi connectivity index (χ0v) is 18.4. The van der Waals surface area contributed by atoms with E-state index in [4.69, 9.17) is 19.9 Å². The largest absolute Gasteiger partial charge is 0.465 e. The van der Waals surface area contributed by atoms with Crippen molar-refractivity contribution in [3.8, 4) is 0 Å². The minimum Gasteiger partial charge on any atom is -0.465 e. The van der Waals surface area contributed by atoms with E-state index in [0.717, 1.165) is 5.56 Å². The second kappa shape index (κ2) is 9.04. The summed E-state index contributed by atoms with van der Waals surface area (Å²) in [6.07, 6.45) is -0.695. The smallest absolute Gasteiger partial charge is 0.411 e. The molecule has 2 unspecified atom stereocenters. The number of benzene rings is 1. The standard InChI is InChI=1S/C22H32N2O6/c1-6-28-17(25)22(18(26)29-14-16-10-8-7-9-11-16)12-13-24(21(5,23)15-22)19(27)30-20(2,3)4/h7-11H,6,12-15,23H2,1-5H3. The Bertz CT molecular complexity index is 772. The van der Waals surface area contributed by atoms with E-state index in [1.54, 1.807) is 34.6 Å². The van der Waals surface area contributed by atoms with Gasteiger partial charge in [0.1, 0.15) is 12.2 Å². The van der Waals surface area contributed by atoms with Crippen LogP contribution in [-0.4, -0.2) is 47.3 Å². The Morgan fingerprint density at radius 1 is 1.10 bits per heavy atom. The lowest BCUT2D eigenvalue weighted by molar-refractivity contribution is -0.181. The van der Waals surface area contributed by atoms with E-state index >= 15 is 0 Å². The molecular formula is C22H32N2O6. The van der Waals surface area contributed by atoms with E-state index in [1.807, 2.05) is 30.3 Å². The van der Waals surface area contributed by atoms with Gasteiger partial charge < -0.3 is 19.9 Å². The first kappa shape index (κ1) is 23.7. The monoisotopic (exact) mass is 420 g/mol. The molecule has 1 aromatic carbocycles. The van der Waals surface area contributed by atoms with E-state index in [9.17, 15) is 14.4 Å². The first-order valence-corrected chi connectivity index (χ1v) is 10.1. The number of hydrogen-bond acceptors (Lipinski definition) is 7. The summed E-state index contributed by atoms with van der Waals surface area (Å²) in [5, 5.41) is 0. The molecule has 0 saturated carbocycles. The molecule has 8 heteroatoms. The zero-order valence-electron chi connectivity index (χ0n) is 18.4. The summed E-state index contributed by atoms with van der Waals surface area (Å²) >= 11 is 0. The average molecular weight is 421 g/mol. The van der Waals surface area contributed by atoms with Crippen LogP contribution in [-0.2, 0) is 30.4 Å². The molecular weight excluding hydrogens is 388 g/mol. The van der Waals surface area contributed by atoms with Gasteiger partial charge in [-0.1, -0.05) is 30.3 Å². The lowest BCUT2D eigenvalue weighted by atomic mass is 9.73. The summed E-state index contributed by atoms with van der Waals surface area (Å²) in [7, 11) is 0. The highest BCUT2D eigenvalue weighted by Crippen LogP contribution is 2.41. The summed E-state index contributed by atoms with van der Waals surface area (Å²) in [5.74, 6) is -1.39. The number of carbonyl (C=O) groups excluding carboxylic acids is 3. The second-order valence-electron chi connectivity index (χ2n) is 8.78. The molecule has 166 valence electrons. The Labute approximate surface area is 177 Å². The van der Waals surface area contributed by atoms with Crippen molar-refractivity contribution in [3.63, 3.8) is 0 Å². The van der Waals surface area contributed by atoms with Gasteiger partial charge in [0, 0.05) is 13.0 Å². The number of nitrogens with two attached hydrogens (primary N) is 1. The number of likely N-dealkylation sites (tertiary alicyclic amines) is 1. The summed E-state index contributed by atoms with van der Waals surface area (Å²) in [5.41, 5.74) is 3.61. The van der Waals surface area contributed by atoms with Crippen molar-refractivity contribution in [2.24, 2.45) is 11.1 Å². The van der Waals surface area contributed by atoms with Gasteiger partial charge in [0.05, 0.1) is 12.3 Å². The fourth-order valence-electron chi connectivity index (χ4n) is 3.53. The minimum atomic E-state index is -1.59. The van der Waals surface area contributed by atoms with Crippen LogP contribution < -0.4 is 5.73 Å². The van der Waals surface area contributed by atoms with E-state index < -0.39 is 34.7 Å². The molecule has 1 aromatic rings. The Morgan fingerprint density at radius 2 is 1.70 bits per heavy atom. The first-order chi connectivity index (χ1) is 13.9. The van der Waals surface area contributed by atoms with Gasteiger partial charge in [-0.3, -0.25) is 14.5 Å². The summed E-state index contributed by atoms with van der Waals surface area (Å²) in [4.78, 5) is 39.9. The molecule has 0 aromatic heterocycles. The molecule has 1 fully saturated rings. The summed E-state index contributed by atoms with van der Waals surface area (Å²) in [6, 6.07) is 9.17. The van der Waals surface area contributed by atoms with E-state index in [-0.39, 0.29) is 32.6 Å². The lowest BCUT2D eigenvalue weighted by Gasteiger charge is -2.48. The number of esters is 2. The number of hydrogen-bond donors (Lipinski definition) is 1. The topological polar surface area (TPSA) is 108 Å². The van der Waals surface area contributed by atoms with Crippen LogP contribution in [0.2, 0.25) is 0 Å². The van der Waals surface area contributed by atoms with E-state index in [0.29, 0.717) is 0 Å². The fourth-order valence-corrected chi connectivity index (χ4v) is 3.53. The van der Waals surface area contributed by atoms with Crippen LogP contribution in [0.4, 0.5) is 4.79 Å². The summed E-state index contributed by atoms with van der Waals surface area (Å²) < 4.78 is 16.1. The van der Waals surface area contributed by atoms with Crippen molar-refractivity contribution in [2.75, 3.05) is 13.2 Å². The lowest BCUT2D eigenvalue weighted by Crippen LogP contribution is -2.66. The van der Waals surface area contributed by atoms with Crippen molar-refractivity contribution in [1.82, 2.24) is 4.90 Å². The molecule has 0 radical (unpaired) electrons. The van der Waals surface area contributed by atoms with Crippen molar-refractivity contribution >= 4 is 18.0 Å². The van der Waals surface area contributed by atoms with Crippen LogP contribution >= 0.6 is 0 Å². The predicted octanol–water partition coefficient (Wildman–Crippen LogP) is 2.99. The van der Waals surface area contributed by atoms with Crippen molar-refractivity contribution in [2.45, 2.75) is 65.3 Å².